The van der Waals surface area contributed by atoms with Crippen molar-refractivity contribution in [3.05, 3.63) is 30.1 Å². The van der Waals surface area contributed by atoms with Gasteiger partial charge in [0.15, 0.2) is 0 Å². The number of hydrogen-bond acceptors (Lipinski definition) is 3. The van der Waals surface area contributed by atoms with Gasteiger partial charge in [0.25, 0.3) is 0 Å². The lowest BCUT2D eigenvalue weighted by molar-refractivity contribution is -0.139. The lowest BCUT2D eigenvalue weighted by atomic mass is 9.74. The predicted molar refractivity (Wildman–Crippen MR) is 73.1 cm³/mol. The van der Waals surface area contributed by atoms with Crippen LogP contribution in [0.3, 0.4) is 0 Å². The zero-order chi connectivity index (χ0) is 14.6. The van der Waals surface area contributed by atoms with Gasteiger partial charge >= 0.3 is 12.0 Å². The fraction of sp³-hybridized carbons (Fsp3) is 0.500. The first-order valence-electron chi connectivity index (χ1n) is 6.66. The molecule has 6 heteroatoms. The summed E-state index contributed by atoms with van der Waals surface area (Å²) >= 11 is 0. The molecule has 0 radical (unpaired) electrons. The average Bonchev–Trinajstić information content (AvgIpc) is 2.36. The van der Waals surface area contributed by atoms with E-state index in [0.29, 0.717) is 6.54 Å². The molecule has 1 fully saturated rings. The zero-order valence-electron chi connectivity index (χ0n) is 11.5. The van der Waals surface area contributed by atoms with Gasteiger partial charge in [-0.05, 0) is 31.4 Å². The average molecular weight is 277 g/mol. The van der Waals surface area contributed by atoms with Crippen LogP contribution in [0.15, 0.2) is 24.4 Å². The number of carbonyl (C=O) groups excluding carboxylic acids is 1. The van der Waals surface area contributed by atoms with E-state index in [9.17, 15) is 9.59 Å². The number of carbonyl (C=O) groups is 2. The topological polar surface area (TPSA) is 82.5 Å². The van der Waals surface area contributed by atoms with E-state index in [1.807, 2.05) is 18.2 Å². The zero-order valence-corrected chi connectivity index (χ0v) is 11.5. The number of rotatable bonds is 5. The molecule has 0 aliphatic heterocycles. The molecule has 20 heavy (non-hydrogen) atoms. The molecular formula is C14H19N3O3. The van der Waals surface area contributed by atoms with Gasteiger partial charge in [0.2, 0.25) is 0 Å². The third kappa shape index (κ3) is 3.46. The van der Waals surface area contributed by atoms with E-state index in [4.69, 9.17) is 5.11 Å². The maximum Gasteiger partial charge on any atom is 0.317 e. The maximum atomic E-state index is 12.1. The van der Waals surface area contributed by atoms with E-state index in [2.05, 4.69) is 10.3 Å². The van der Waals surface area contributed by atoms with Gasteiger partial charge in [0.05, 0.1) is 24.2 Å². The molecule has 1 aliphatic rings. The molecule has 1 saturated carbocycles. The van der Waals surface area contributed by atoms with Gasteiger partial charge in [-0.15, -0.1) is 0 Å². The highest BCUT2D eigenvalue weighted by Gasteiger charge is 2.40. The Morgan fingerprint density at radius 2 is 2.20 bits per heavy atom. The van der Waals surface area contributed by atoms with Crippen LogP contribution in [0.25, 0.3) is 0 Å². The second-order valence-corrected chi connectivity index (χ2v) is 5.31. The van der Waals surface area contributed by atoms with Gasteiger partial charge < -0.3 is 15.3 Å². The lowest BCUT2D eigenvalue weighted by Crippen LogP contribution is -2.57. The normalized spacial score (nSPS) is 16.1. The molecule has 2 rings (SSSR count). The maximum absolute atomic E-state index is 12.1. The van der Waals surface area contributed by atoms with Gasteiger partial charge in [-0.1, -0.05) is 6.07 Å². The molecule has 108 valence electrons. The number of carboxylic acid groups (broad SMARTS) is 1. The summed E-state index contributed by atoms with van der Waals surface area (Å²) in [6.45, 7) is 0.399. The highest BCUT2D eigenvalue weighted by atomic mass is 16.4. The van der Waals surface area contributed by atoms with Gasteiger partial charge in [-0.2, -0.15) is 0 Å². The number of urea groups is 1. The largest absolute Gasteiger partial charge is 0.481 e. The van der Waals surface area contributed by atoms with Crippen LogP contribution in [-0.2, 0) is 11.3 Å². The van der Waals surface area contributed by atoms with E-state index in [-0.39, 0.29) is 12.5 Å². The Labute approximate surface area is 117 Å². The van der Waals surface area contributed by atoms with Gasteiger partial charge in [0, 0.05) is 13.2 Å². The van der Waals surface area contributed by atoms with E-state index >= 15 is 0 Å². The quantitative estimate of drug-likeness (QED) is 0.856. The molecular weight excluding hydrogens is 258 g/mol. The Kier molecular flexibility index (Phi) is 4.22. The fourth-order valence-electron chi connectivity index (χ4n) is 2.37. The van der Waals surface area contributed by atoms with Gasteiger partial charge in [0.1, 0.15) is 0 Å². The van der Waals surface area contributed by atoms with Crippen molar-refractivity contribution in [2.45, 2.75) is 37.8 Å². The molecule has 0 bridgehead atoms. The molecule has 2 N–H and O–H groups in total. The number of nitrogens with zero attached hydrogens (tertiary/aromatic N) is 2. The monoisotopic (exact) mass is 277 g/mol. The van der Waals surface area contributed by atoms with Crippen LogP contribution in [0.4, 0.5) is 4.79 Å². The van der Waals surface area contributed by atoms with Crippen molar-refractivity contribution in [3.63, 3.8) is 0 Å². The Hall–Kier alpha value is -2.11. The molecule has 0 saturated heterocycles. The summed E-state index contributed by atoms with van der Waals surface area (Å²) in [7, 11) is 1.68. The van der Waals surface area contributed by atoms with Crippen LogP contribution in [0.1, 0.15) is 31.4 Å². The molecule has 6 nitrogen and oxygen atoms in total. The molecule has 1 heterocycles. The molecule has 1 aromatic heterocycles. The number of hydrogen-bond donors (Lipinski definition) is 2. The molecule has 0 atom stereocenters. The van der Waals surface area contributed by atoms with Crippen LogP contribution in [0.2, 0.25) is 0 Å². The van der Waals surface area contributed by atoms with Gasteiger partial charge in [-0.25, -0.2) is 4.79 Å². The summed E-state index contributed by atoms with van der Waals surface area (Å²) in [6, 6.07) is 5.28. The summed E-state index contributed by atoms with van der Waals surface area (Å²) in [5.41, 5.74) is 0.229. The molecule has 2 amide bonds. The summed E-state index contributed by atoms with van der Waals surface area (Å²) < 4.78 is 0. The summed E-state index contributed by atoms with van der Waals surface area (Å²) in [4.78, 5) is 28.7. The third-order valence-electron chi connectivity index (χ3n) is 3.64. The van der Waals surface area contributed by atoms with Gasteiger partial charge in [-0.3, -0.25) is 9.78 Å². The van der Waals surface area contributed by atoms with Crippen molar-refractivity contribution >= 4 is 12.0 Å². The van der Waals surface area contributed by atoms with Crippen LogP contribution in [0, 0.1) is 0 Å². The first kappa shape index (κ1) is 14.3. The van der Waals surface area contributed by atoms with E-state index < -0.39 is 11.5 Å². The minimum Gasteiger partial charge on any atom is -0.481 e. The van der Waals surface area contributed by atoms with E-state index in [1.54, 1.807) is 13.2 Å². The number of aromatic nitrogens is 1. The Morgan fingerprint density at radius 1 is 1.45 bits per heavy atom. The SMILES string of the molecule is CN(Cc1ccccn1)C(=O)NC1(CC(=O)O)CCC1. The Bertz CT molecular complexity index is 486. The molecule has 0 spiro atoms. The number of aliphatic carboxylic acids is 1. The number of amides is 2. The van der Waals surface area contributed by atoms with E-state index in [1.165, 1.54) is 4.90 Å². The number of nitrogens with one attached hydrogen (secondary N) is 1. The highest BCUT2D eigenvalue weighted by Crippen LogP contribution is 2.35. The lowest BCUT2D eigenvalue weighted by Gasteiger charge is -2.42. The number of carboxylic acids is 1. The summed E-state index contributed by atoms with van der Waals surface area (Å²) in [5, 5.41) is 11.8. The molecule has 1 aromatic rings. The second kappa shape index (κ2) is 5.90. The van der Waals surface area contributed by atoms with Crippen LogP contribution in [0.5, 0.6) is 0 Å². The first-order valence-corrected chi connectivity index (χ1v) is 6.66. The summed E-state index contributed by atoms with van der Waals surface area (Å²) in [5.74, 6) is -0.877. The van der Waals surface area contributed by atoms with Crippen LogP contribution < -0.4 is 5.32 Å². The predicted octanol–water partition coefficient (Wildman–Crippen LogP) is 1.62. The smallest absolute Gasteiger partial charge is 0.317 e. The highest BCUT2D eigenvalue weighted by molar-refractivity contribution is 5.77. The Balaban J connectivity index is 1.92. The minimum atomic E-state index is -0.877. The van der Waals surface area contributed by atoms with Crippen molar-refractivity contribution in [2.75, 3.05) is 7.05 Å². The first-order chi connectivity index (χ1) is 9.51. The van der Waals surface area contributed by atoms with E-state index in [0.717, 1.165) is 25.0 Å². The fourth-order valence-corrected chi connectivity index (χ4v) is 2.37. The standard InChI is InChI=1S/C14H19N3O3/c1-17(10-11-5-2-3-8-15-11)13(20)16-14(6-4-7-14)9-12(18)19/h2-3,5,8H,4,6-7,9-10H2,1H3,(H,16,20)(H,18,19). The van der Waals surface area contributed by atoms with Crippen molar-refractivity contribution < 1.29 is 14.7 Å². The van der Waals surface area contributed by atoms with Crippen molar-refractivity contribution in [2.24, 2.45) is 0 Å². The van der Waals surface area contributed by atoms with Crippen molar-refractivity contribution in [1.29, 1.82) is 0 Å². The van der Waals surface area contributed by atoms with Crippen molar-refractivity contribution in [1.82, 2.24) is 15.2 Å². The molecule has 1 aliphatic carbocycles. The second-order valence-electron chi connectivity index (χ2n) is 5.31. The van der Waals surface area contributed by atoms with Crippen LogP contribution in [-0.4, -0.2) is 39.6 Å². The van der Waals surface area contributed by atoms with Crippen LogP contribution >= 0.6 is 0 Å². The Morgan fingerprint density at radius 3 is 2.70 bits per heavy atom. The molecule has 0 aromatic carbocycles. The summed E-state index contributed by atoms with van der Waals surface area (Å²) in [6.07, 6.45) is 4.07. The van der Waals surface area contributed by atoms with Crippen molar-refractivity contribution in [3.8, 4) is 0 Å². The molecule has 0 unspecified atom stereocenters. The third-order valence-corrected chi connectivity index (χ3v) is 3.64. The number of pyridine rings is 1. The minimum absolute atomic E-state index is 0.0177.